The maximum absolute atomic E-state index is 13.3. The molecule has 4 rings (SSSR count). The Morgan fingerprint density at radius 1 is 0.967 bits per heavy atom. The molecule has 0 unspecified atom stereocenters. The first-order valence-corrected chi connectivity index (χ1v) is 11.5. The Bertz CT molecular complexity index is 1100. The van der Waals surface area contributed by atoms with Gasteiger partial charge in [0.05, 0.1) is 4.90 Å². The Hall–Kier alpha value is -2.78. The number of hydrogen-bond donors (Lipinski definition) is 0. The first-order chi connectivity index (χ1) is 14.4. The molecule has 0 bridgehead atoms. The molecule has 0 spiro atoms. The number of sulfonamides is 1. The third-order valence-corrected chi connectivity index (χ3v) is 7.48. The van der Waals surface area contributed by atoms with E-state index >= 15 is 0 Å². The minimum Gasteiger partial charge on any atom is -0.352 e. The summed E-state index contributed by atoms with van der Waals surface area (Å²) < 4.78 is 29.8. The molecule has 9 heteroatoms. The quantitative estimate of drug-likeness (QED) is 0.624. The van der Waals surface area contributed by atoms with Gasteiger partial charge in [-0.05, 0) is 48.2 Å². The summed E-state index contributed by atoms with van der Waals surface area (Å²) in [6, 6.07) is 11.3. The van der Waals surface area contributed by atoms with Crippen molar-refractivity contribution in [3.63, 3.8) is 0 Å². The molecular weight excluding hydrogens is 400 g/mol. The van der Waals surface area contributed by atoms with E-state index in [0.717, 1.165) is 16.9 Å². The average Bonchev–Trinajstić information content (AvgIpc) is 3.29. The van der Waals surface area contributed by atoms with Crippen LogP contribution in [0, 0.1) is 6.92 Å². The van der Waals surface area contributed by atoms with E-state index in [9.17, 15) is 8.42 Å². The second kappa shape index (κ2) is 8.16. The fourth-order valence-electron chi connectivity index (χ4n) is 3.56. The maximum atomic E-state index is 13.3. The topological polar surface area (TPSA) is 84.2 Å². The summed E-state index contributed by atoms with van der Waals surface area (Å²) in [5.74, 6) is 1.66. The lowest BCUT2D eigenvalue weighted by Crippen LogP contribution is -2.49. The summed E-state index contributed by atoms with van der Waals surface area (Å²) >= 11 is 0. The molecule has 1 aliphatic heterocycles. The van der Waals surface area contributed by atoms with Gasteiger partial charge < -0.3 is 4.90 Å². The molecule has 0 atom stereocenters. The van der Waals surface area contributed by atoms with Crippen molar-refractivity contribution in [2.45, 2.75) is 31.6 Å². The smallest absolute Gasteiger partial charge is 0.243 e. The van der Waals surface area contributed by atoms with Gasteiger partial charge in [-0.2, -0.15) is 9.40 Å². The standard InChI is InChI=1S/C21H26N6O2S/c1-16(2)18-6-5-17(3)19(15-18)30(28,29)26-13-11-25(12-14-26)20-7-8-21(24-23-20)27-10-4-9-22-27/h4-10,15-16H,11-14H2,1-3H3. The molecule has 0 amide bonds. The van der Waals surface area contributed by atoms with Crippen LogP contribution in [0.2, 0.25) is 0 Å². The molecule has 1 aliphatic rings. The fourth-order valence-corrected chi connectivity index (χ4v) is 5.25. The molecule has 1 aromatic carbocycles. The van der Waals surface area contributed by atoms with E-state index in [0.29, 0.717) is 36.9 Å². The summed E-state index contributed by atoms with van der Waals surface area (Å²) in [6.45, 7) is 7.95. The Labute approximate surface area is 177 Å². The van der Waals surface area contributed by atoms with Crippen molar-refractivity contribution in [2.75, 3.05) is 31.1 Å². The molecule has 3 aromatic rings. The zero-order chi connectivity index (χ0) is 21.3. The number of aromatic nitrogens is 4. The van der Waals surface area contributed by atoms with E-state index in [-0.39, 0.29) is 5.92 Å². The van der Waals surface area contributed by atoms with Crippen molar-refractivity contribution in [3.05, 3.63) is 59.9 Å². The van der Waals surface area contributed by atoms with Crippen LogP contribution in [0.1, 0.15) is 30.9 Å². The van der Waals surface area contributed by atoms with Crippen LogP contribution in [-0.4, -0.2) is 58.9 Å². The molecular formula is C21H26N6O2S. The number of rotatable bonds is 5. The van der Waals surface area contributed by atoms with Gasteiger partial charge in [-0.1, -0.05) is 26.0 Å². The van der Waals surface area contributed by atoms with Crippen LogP contribution < -0.4 is 4.90 Å². The van der Waals surface area contributed by atoms with Crippen LogP contribution in [0.5, 0.6) is 0 Å². The number of anilines is 1. The number of piperazine rings is 1. The fraction of sp³-hybridized carbons (Fsp3) is 0.381. The van der Waals surface area contributed by atoms with Crippen LogP contribution in [0.4, 0.5) is 5.82 Å². The Morgan fingerprint density at radius 2 is 1.67 bits per heavy atom. The highest BCUT2D eigenvalue weighted by molar-refractivity contribution is 7.89. The largest absolute Gasteiger partial charge is 0.352 e. The molecule has 2 aromatic heterocycles. The monoisotopic (exact) mass is 426 g/mol. The highest BCUT2D eigenvalue weighted by Crippen LogP contribution is 2.26. The lowest BCUT2D eigenvalue weighted by molar-refractivity contribution is 0.383. The minimum atomic E-state index is -3.53. The summed E-state index contributed by atoms with van der Waals surface area (Å²) in [6.07, 6.45) is 3.50. The number of nitrogens with zero attached hydrogens (tertiary/aromatic N) is 6. The van der Waals surface area contributed by atoms with Gasteiger partial charge in [-0.15, -0.1) is 10.2 Å². The summed E-state index contributed by atoms with van der Waals surface area (Å²) in [4.78, 5) is 2.47. The van der Waals surface area contributed by atoms with Crippen molar-refractivity contribution in [1.29, 1.82) is 0 Å². The van der Waals surface area contributed by atoms with Gasteiger partial charge in [-0.3, -0.25) is 0 Å². The van der Waals surface area contributed by atoms with Crippen molar-refractivity contribution in [2.24, 2.45) is 0 Å². The molecule has 1 fully saturated rings. The number of benzene rings is 1. The van der Waals surface area contributed by atoms with Gasteiger partial charge in [0.15, 0.2) is 11.6 Å². The molecule has 0 radical (unpaired) electrons. The second-order valence-corrected chi connectivity index (χ2v) is 9.68. The van der Waals surface area contributed by atoms with Crippen molar-refractivity contribution in [1.82, 2.24) is 24.3 Å². The maximum Gasteiger partial charge on any atom is 0.243 e. The third kappa shape index (κ3) is 3.95. The molecule has 1 saturated heterocycles. The van der Waals surface area contributed by atoms with Gasteiger partial charge in [0, 0.05) is 38.6 Å². The lowest BCUT2D eigenvalue weighted by atomic mass is 10.0. The molecule has 3 heterocycles. The molecule has 0 N–H and O–H groups in total. The molecule has 0 saturated carbocycles. The SMILES string of the molecule is Cc1ccc(C(C)C)cc1S(=O)(=O)N1CCN(c2ccc(-n3cccn3)nn2)CC1. The van der Waals surface area contributed by atoms with E-state index in [1.54, 1.807) is 15.2 Å². The van der Waals surface area contributed by atoms with Crippen LogP contribution >= 0.6 is 0 Å². The normalized spacial score (nSPS) is 15.7. The zero-order valence-electron chi connectivity index (χ0n) is 17.4. The Balaban J connectivity index is 1.47. The first-order valence-electron chi connectivity index (χ1n) is 10.1. The van der Waals surface area contributed by atoms with E-state index in [2.05, 4.69) is 34.0 Å². The average molecular weight is 427 g/mol. The van der Waals surface area contributed by atoms with E-state index in [4.69, 9.17) is 0 Å². The van der Waals surface area contributed by atoms with E-state index in [1.807, 2.05) is 49.5 Å². The van der Waals surface area contributed by atoms with Crippen LogP contribution in [0.15, 0.2) is 53.7 Å². The molecule has 8 nitrogen and oxygen atoms in total. The molecule has 158 valence electrons. The highest BCUT2D eigenvalue weighted by atomic mass is 32.2. The third-order valence-electron chi connectivity index (χ3n) is 5.43. The highest BCUT2D eigenvalue weighted by Gasteiger charge is 2.30. The van der Waals surface area contributed by atoms with Crippen molar-refractivity contribution >= 4 is 15.8 Å². The summed E-state index contributed by atoms with van der Waals surface area (Å²) in [7, 11) is -3.53. The summed E-state index contributed by atoms with van der Waals surface area (Å²) in [5, 5.41) is 12.7. The van der Waals surface area contributed by atoms with Crippen LogP contribution in [0.3, 0.4) is 0 Å². The van der Waals surface area contributed by atoms with Gasteiger partial charge in [-0.25, -0.2) is 13.1 Å². The number of aryl methyl sites for hydroxylation is 1. The Morgan fingerprint density at radius 3 is 2.27 bits per heavy atom. The van der Waals surface area contributed by atoms with Crippen molar-refractivity contribution < 1.29 is 8.42 Å². The second-order valence-electron chi connectivity index (χ2n) is 7.77. The van der Waals surface area contributed by atoms with Crippen LogP contribution in [-0.2, 0) is 10.0 Å². The predicted octanol–water partition coefficient (Wildman–Crippen LogP) is 2.61. The summed E-state index contributed by atoms with van der Waals surface area (Å²) in [5.41, 5.74) is 1.81. The molecule has 0 aliphatic carbocycles. The van der Waals surface area contributed by atoms with Gasteiger partial charge in [0.2, 0.25) is 10.0 Å². The van der Waals surface area contributed by atoms with Crippen LogP contribution in [0.25, 0.3) is 5.82 Å². The van der Waals surface area contributed by atoms with Gasteiger partial charge >= 0.3 is 0 Å². The zero-order valence-corrected chi connectivity index (χ0v) is 18.2. The van der Waals surface area contributed by atoms with Gasteiger partial charge in [0.1, 0.15) is 0 Å². The van der Waals surface area contributed by atoms with Crippen molar-refractivity contribution in [3.8, 4) is 5.82 Å². The molecule has 30 heavy (non-hydrogen) atoms. The van der Waals surface area contributed by atoms with E-state index in [1.165, 1.54) is 0 Å². The lowest BCUT2D eigenvalue weighted by Gasteiger charge is -2.34. The minimum absolute atomic E-state index is 0.277. The first kappa shape index (κ1) is 20.5. The predicted molar refractivity (Wildman–Crippen MR) is 115 cm³/mol. The van der Waals surface area contributed by atoms with Gasteiger partial charge in [0.25, 0.3) is 0 Å². The number of hydrogen-bond acceptors (Lipinski definition) is 6. The van der Waals surface area contributed by atoms with E-state index < -0.39 is 10.0 Å². The Kier molecular flexibility index (Phi) is 5.57.